The van der Waals surface area contributed by atoms with E-state index in [1.165, 1.54) is 9.80 Å². The van der Waals surface area contributed by atoms with Crippen LogP contribution in [0.15, 0.2) is 79.9 Å². The molecule has 3 aliphatic rings. The number of carbonyl (C=O) groups excluding carboxylic acids is 4. The second-order valence-corrected chi connectivity index (χ2v) is 14.4. The topological polar surface area (TPSA) is 156 Å². The number of aliphatic hydroxyl groups is 1. The van der Waals surface area contributed by atoms with E-state index in [0.29, 0.717) is 23.9 Å². The lowest BCUT2D eigenvalue weighted by atomic mass is 9.70. The molecule has 6 rings (SSSR count). The first-order valence-corrected chi connectivity index (χ1v) is 18.2. The summed E-state index contributed by atoms with van der Waals surface area (Å²) in [6.07, 6.45) is 3.03. The highest BCUT2D eigenvalue weighted by atomic mass is 79.9. The van der Waals surface area contributed by atoms with Crippen molar-refractivity contribution < 1.29 is 33.8 Å². The van der Waals surface area contributed by atoms with Crippen LogP contribution in [0, 0.1) is 11.8 Å². The molecule has 3 saturated heterocycles. The Hall–Kier alpha value is -4.40. The smallest absolute Gasteiger partial charge is 0.313 e. The van der Waals surface area contributed by atoms with Crippen molar-refractivity contribution in [2.45, 2.75) is 74.0 Å². The van der Waals surface area contributed by atoms with E-state index in [2.05, 4.69) is 44.7 Å². The molecule has 270 valence electrons. The Morgan fingerprint density at radius 3 is 2.63 bits per heavy atom. The third-order valence-corrected chi connectivity index (χ3v) is 11.0. The Bertz CT molecular complexity index is 1780. The van der Waals surface area contributed by atoms with Gasteiger partial charge in [0.1, 0.15) is 29.9 Å². The maximum atomic E-state index is 14.9. The lowest BCUT2D eigenvalue weighted by Crippen LogP contribution is -2.59. The zero-order valence-corrected chi connectivity index (χ0v) is 30.1. The summed E-state index contributed by atoms with van der Waals surface area (Å²) in [5.74, 6) is -3.85. The molecule has 1 unspecified atom stereocenters. The predicted octanol–water partition coefficient (Wildman–Crippen LogP) is 3.29. The van der Waals surface area contributed by atoms with Crippen LogP contribution in [0.25, 0.3) is 11.0 Å². The van der Waals surface area contributed by atoms with Crippen LogP contribution in [0.2, 0.25) is 0 Å². The van der Waals surface area contributed by atoms with Gasteiger partial charge in [0, 0.05) is 17.8 Å². The fourth-order valence-corrected chi connectivity index (χ4v) is 8.74. The van der Waals surface area contributed by atoms with E-state index in [-0.39, 0.29) is 49.9 Å². The van der Waals surface area contributed by atoms with Gasteiger partial charge in [0.25, 0.3) is 0 Å². The number of carbonyl (C=O) groups is 4. The SMILES string of the molecule is C=CCCC(=O)NC[C@@H](OC(=O)[C@H]1[C@@H]2O[C@@]3(CC2Br)[C@@H]1C(=O)N([C@@H](CC)CO)[C@@H]3C(=O)N(CC=C)Cn1nnc2ccccc21)c1ccccc1. The zero-order chi connectivity index (χ0) is 36.3. The molecule has 51 heavy (non-hydrogen) atoms. The van der Waals surface area contributed by atoms with Gasteiger partial charge in [-0.1, -0.05) is 82.7 Å². The molecule has 2 bridgehead atoms. The molecule has 4 heterocycles. The van der Waals surface area contributed by atoms with Crippen molar-refractivity contribution in [3.05, 3.63) is 85.5 Å². The molecule has 1 spiro atoms. The number of nitrogens with zero attached hydrogens (tertiary/aromatic N) is 5. The fourth-order valence-electron chi connectivity index (χ4n) is 7.79. The molecule has 1 aromatic heterocycles. The number of likely N-dealkylation sites (tertiary alicyclic amines) is 1. The van der Waals surface area contributed by atoms with Crippen LogP contribution in [0.5, 0.6) is 0 Å². The molecule has 14 heteroatoms. The number of amides is 3. The number of aliphatic hydroxyl groups excluding tert-OH is 1. The number of hydrogen-bond donors (Lipinski definition) is 2. The van der Waals surface area contributed by atoms with Crippen molar-refractivity contribution in [2.24, 2.45) is 11.8 Å². The average Bonchev–Trinajstić information content (AvgIpc) is 3.87. The number of ether oxygens (including phenoxy) is 2. The molecule has 3 aromatic rings. The molecule has 2 aromatic carbocycles. The normalized spacial score (nSPS) is 26.1. The molecule has 3 aliphatic heterocycles. The third-order valence-electron chi connectivity index (χ3n) is 10.2. The standard InChI is InChI=1S/C37H43BrN6O7/c1-4-7-17-29(46)39-20-28(23-13-9-8-10-14-23)50-36(49)30-31-34(47)44(24(6-3)21-45)33(37(31)19-25(38)32(30)51-37)35(48)42(18-5-2)22-43-27-16-12-11-15-26(27)40-41-43/h4-5,8-16,24-25,28,30-33,45H,1-2,6-7,17-22H2,3H3,(H,39,46)/t24-,25?,28+,30+,31-,32+,33+,37-/m0/s1. The molecule has 8 atom stereocenters. The van der Waals surface area contributed by atoms with Crippen molar-refractivity contribution in [3.8, 4) is 0 Å². The highest BCUT2D eigenvalue weighted by molar-refractivity contribution is 9.09. The highest BCUT2D eigenvalue weighted by Gasteiger charge is 2.77. The van der Waals surface area contributed by atoms with Crippen molar-refractivity contribution in [3.63, 3.8) is 0 Å². The Kier molecular flexibility index (Phi) is 11.0. The van der Waals surface area contributed by atoms with Crippen molar-refractivity contribution in [1.82, 2.24) is 30.1 Å². The number of esters is 1. The first-order valence-electron chi connectivity index (χ1n) is 17.2. The van der Waals surface area contributed by atoms with E-state index in [9.17, 15) is 24.3 Å². The largest absolute Gasteiger partial charge is 0.455 e. The van der Waals surface area contributed by atoms with E-state index < -0.39 is 59.5 Å². The fraction of sp³-hybridized carbons (Fsp3) is 0.459. The van der Waals surface area contributed by atoms with Gasteiger partial charge in [0.15, 0.2) is 0 Å². The number of nitrogens with one attached hydrogen (secondary N) is 1. The molecule has 0 saturated carbocycles. The average molecular weight is 764 g/mol. The van der Waals surface area contributed by atoms with E-state index in [1.807, 2.05) is 49.4 Å². The first-order chi connectivity index (χ1) is 24.7. The molecule has 0 aliphatic carbocycles. The summed E-state index contributed by atoms with van der Waals surface area (Å²) in [6, 6.07) is 14.6. The van der Waals surface area contributed by atoms with E-state index in [4.69, 9.17) is 9.47 Å². The number of aromatic nitrogens is 3. The molecule has 2 N–H and O–H groups in total. The lowest BCUT2D eigenvalue weighted by molar-refractivity contribution is -0.161. The Morgan fingerprint density at radius 1 is 1.18 bits per heavy atom. The molecular formula is C37H43BrN6O7. The van der Waals surface area contributed by atoms with Gasteiger partial charge in [-0.15, -0.1) is 18.3 Å². The van der Waals surface area contributed by atoms with Crippen LogP contribution >= 0.6 is 15.9 Å². The zero-order valence-electron chi connectivity index (χ0n) is 28.5. The summed E-state index contributed by atoms with van der Waals surface area (Å²) in [5.41, 5.74) is 0.674. The molecule has 3 amide bonds. The number of rotatable bonds is 16. The summed E-state index contributed by atoms with van der Waals surface area (Å²) >= 11 is 3.71. The minimum absolute atomic E-state index is 0.0183. The quantitative estimate of drug-likeness (QED) is 0.127. The highest BCUT2D eigenvalue weighted by Crippen LogP contribution is 2.61. The molecular weight excluding hydrogens is 720 g/mol. The maximum Gasteiger partial charge on any atom is 0.313 e. The van der Waals surface area contributed by atoms with Gasteiger partial charge in [-0.2, -0.15) is 0 Å². The number of allylic oxidation sites excluding steroid dienone is 1. The number of alkyl halides is 1. The predicted molar refractivity (Wildman–Crippen MR) is 191 cm³/mol. The lowest BCUT2D eigenvalue weighted by Gasteiger charge is -2.39. The number of hydrogen-bond acceptors (Lipinski definition) is 9. The van der Waals surface area contributed by atoms with Crippen LogP contribution in [-0.4, -0.2) is 102 Å². The molecule has 13 nitrogen and oxygen atoms in total. The minimum Gasteiger partial charge on any atom is -0.455 e. The Morgan fingerprint density at radius 2 is 1.92 bits per heavy atom. The van der Waals surface area contributed by atoms with Gasteiger partial charge < -0.3 is 29.7 Å². The molecule has 0 radical (unpaired) electrons. The summed E-state index contributed by atoms with van der Waals surface area (Å²) < 4.78 is 14.4. The van der Waals surface area contributed by atoms with Gasteiger partial charge >= 0.3 is 5.97 Å². The molecule has 3 fully saturated rings. The van der Waals surface area contributed by atoms with Crippen LogP contribution in [-0.2, 0) is 35.3 Å². The second-order valence-electron chi connectivity index (χ2n) is 13.2. The summed E-state index contributed by atoms with van der Waals surface area (Å²) in [7, 11) is 0. The monoisotopic (exact) mass is 762 g/mol. The van der Waals surface area contributed by atoms with Crippen molar-refractivity contribution in [1.29, 1.82) is 0 Å². The number of fused-ring (bicyclic) bond motifs is 2. The van der Waals surface area contributed by atoms with Gasteiger partial charge in [-0.25, -0.2) is 4.68 Å². The first kappa shape index (κ1) is 36.4. The van der Waals surface area contributed by atoms with E-state index >= 15 is 0 Å². The minimum atomic E-state index is -1.38. The van der Waals surface area contributed by atoms with Gasteiger partial charge in [0.05, 0.1) is 42.6 Å². The van der Waals surface area contributed by atoms with Crippen LogP contribution < -0.4 is 5.32 Å². The number of halogens is 1. The number of para-hydroxylation sites is 1. The van der Waals surface area contributed by atoms with Gasteiger partial charge in [-0.3, -0.25) is 19.2 Å². The van der Waals surface area contributed by atoms with Crippen molar-refractivity contribution in [2.75, 3.05) is 19.7 Å². The third kappa shape index (κ3) is 6.72. The van der Waals surface area contributed by atoms with Crippen LogP contribution in [0.4, 0.5) is 0 Å². The van der Waals surface area contributed by atoms with E-state index in [1.54, 1.807) is 29.0 Å². The van der Waals surface area contributed by atoms with E-state index in [0.717, 1.165) is 5.52 Å². The van der Waals surface area contributed by atoms with Crippen molar-refractivity contribution >= 4 is 50.7 Å². The number of benzene rings is 2. The summed E-state index contributed by atoms with van der Waals surface area (Å²) in [5, 5.41) is 21.8. The maximum absolute atomic E-state index is 14.9. The second kappa shape index (κ2) is 15.5. The Balaban J connectivity index is 1.33. The summed E-state index contributed by atoms with van der Waals surface area (Å²) in [6.45, 7) is 9.14. The van der Waals surface area contributed by atoms with Crippen LogP contribution in [0.3, 0.4) is 0 Å². The Labute approximate surface area is 304 Å². The van der Waals surface area contributed by atoms with Gasteiger partial charge in [-0.05, 0) is 37.0 Å². The van der Waals surface area contributed by atoms with Crippen LogP contribution in [0.1, 0.15) is 44.3 Å². The summed E-state index contributed by atoms with van der Waals surface area (Å²) in [4.78, 5) is 58.9. The van der Waals surface area contributed by atoms with Gasteiger partial charge in [0.2, 0.25) is 17.7 Å².